The Morgan fingerprint density at radius 3 is 2.27 bits per heavy atom. The molecule has 1 saturated heterocycles. The largest absolute Gasteiger partial charge is 0.274 e. The lowest BCUT2D eigenvalue weighted by atomic mass is 10.3. The van der Waals surface area contributed by atoms with Gasteiger partial charge in [-0.05, 0) is 6.92 Å². The second kappa shape index (κ2) is 2.75. The normalized spacial score (nSPS) is 20.2. The molecular weight excluding hydrogens is 142 g/mol. The van der Waals surface area contributed by atoms with Crippen LogP contribution in [0.15, 0.2) is 0 Å². The molecule has 0 spiro atoms. The average Bonchev–Trinajstić information content (AvgIpc) is 2.30. The second-order valence-corrected chi connectivity index (χ2v) is 2.50. The summed E-state index contributed by atoms with van der Waals surface area (Å²) in [5.41, 5.74) is 0. The van der Waals surface area contributed by atoms with Crippen molar-refractivity contribution in [2.24, 2.45) is 0 Å². The van der Waals surface area contributed by atoms with Gasteiger partial charge in [-0.2, -0.15) is 0 Å². The van der Waals surface area contributed by atoms with E-state index in [0.29, 0.717) is 12.8 Å². The van der Waals surface area contributed by atoms with Crippen LogP contribution in [0.5, 0.6) is 0 Å². The molecule has 0 aromatic rings. The first kappa shape index (κ1) is 7.80. The molecule has 1 aliphatic rings. The van der Waals surface area contributed by atoms with E-state index in [1.165, 1.54) is 0 Å². The van der Waals surface area contributed by atoms with Crippen molar-refractivity contribution < 1.29 is 9.59 Å². The molecule has 0 radical (unpaired) electrons. The molecule has 0 aliphatic carbocycles. The summed E-state index contributed by atoms with van der Waals surface area (Å²) in [5.74, 6) is 2.05. The van der Waals surface area contributed by atoms with Crippen molar-refractivity contribution in [2.75, 3.05) is 0 Å². The summed E-state index contributed by atoms with van der Waals surface area (Å²) in [5, 5.41) is 0. The topological polar surface area (TPSA) is 37.4 Å². The summed E-state index contributed by atoms with van der Waals surface area (Å²) < 4.78 is 0. The van der Waals surface area contributed by atoms with E-state index in [2.05, 4.69) is 5.92 Å². The minimum Gasteiger partial charge on any atom is -0.274 e. The molecule has 1 unspecified atom stereocenters. The Morgan fingerprint density at radius 2 is 1.91 bits per heavy atom. The van der Waals surface area contributed by atoms with E-state index < -0.39 is 6.04 Å². The minimum atomic E-state index is -0.391. The van der Waals surface area contributed by atoms with Gasteiger partial charge in [-0.3, -0.25) is 14.5 Å². The molecule has 0 N–H and O–H groups in total. The van der Waals surface area contributed by atoms with Gasteiger partial charge in [0.2, 0.25) is 11.8 Å². The van der Waals surface area contributed by atoms with Crippen LogP contribution in [0, 0.1) is 12.3 Å². The lowest BCUT2D eigenvalue weighted by Crippen LogP contribution is -2.36. The van der Waals surface area contributed by atoms with Gasteiger partial charge >= 0.3 is 0 Å². The van der Waals surface area contributed by atoms with Crippen LogP contribution in [0.25, 0.3) is 0 Å². The zero-order valence-electron chi connectivity index (χ0n) is 6.33. The number of rotatable bonds is 1. The molecule has 1 rings (SSSR count). The molecule has 2 amide bonds. The van der Waals surface area contributed by atoms with E-state index in [9.17, 15) is 9.59 Å². The van der Waals surface area contributed by atoms with Gasteiger partial charge in [-0.15, -0.1) is 6.42 Å². The summed E-state index contributed by atoms with van der Waals surface area (Å²) in [6.45, 7) is 1.67. The Morgan fingerprint density at radius 1 is 1.45 bits per heavy atom. The van der Waals surface area contributed by atoms with Gasteiger partial charge in [-0.1, -0.05) is 5.92 Å². The summed E-state index contributed by atoms with van der Waals surface area (Å²) in [6, 6.07) is -0.391. The van der Waals surface area contributed by atoms with E-state index in [1.807, 2.05) is 0 Å². The fourth-order valence-corrected chi connectivity index (χ4v) is 1.10. The fourth-order valence-electron chi connectivity index (χ4n) is 1.10. The first-order valence-electron chi connectivity index (χ1n) is 3.48. The average molecular weight is 151 g/mol. The third kappa shape index (κ3) is 1.25. The predicted molar refractivity (Wildman–Crippen MR) is 39.4 cm³/mol. The van der Waals surface area contributed by atoms with Gasteiger partial charge in [0.15, 0.2) is 0 Å². The molecule has 1 heterocycles. The van der Waals surface area contributed by atoms with E-state index in [0.717, 1.165) is 4.90 Å². The number of hydrogen-bond donors (Lipinski definition) is 0. The monoisotopic (exact) mass is 151 g/mol. The molecule has 1 atom stereocenters. The number of likely N-dealkylation sites (tertiary alicyclic amines) is 1. The lowest BCUT2D eigenvalue weighted by Gasteiger charge is -2.16. The molecular formula is C8H9NO2. The summed E-state index contributed by atoms with van der Waals surface area (Å²) in [6.07, 6.45) is 5.70. The van der Waals surface area contributed by atoms with Crippen molar-refractivity contribution in [1.82, 2.24) is 4.90 Å². The molecule has 1 aliphatic heterocycles. The number of nitrogens with zero attached hydrogens (tertiary/aromatic N) is 1. The highest BCUT2D eigenvalue weighted by atomic mass is 16.2. The summed E-state index contributed by atoms with van der Waals surface area (Å²) in [4.78, 5) is 23.1. The van der Waals surface area contributed by atoms with Crippen LogP contribution < -0.4 is 0 Å². The lowest BCUT2D eigenvalue weighted by molar-refractivity contribution is -0.139. The van der Waals surface area contributed by atoms with Crippen molar-refractivity contribution in [2.45, 2.75) is 25.8 Å². The Labute approximate surface area is 65.4 Å². The molecule has 1 fully saturated rings. The maximum Gasteiger partial charge on any atom is 0.230 e. The molecule has 0 aromatic carbocycles. The van der Waals surface area contributed by atoms with E-state index in [-0.39, 0.29) is 11.8 Å². The van der Waals surface area contributed by atoms with Gasteiger partial charge in [0.25, 0.3) is 0 Å². The predicted octanol–water partition coefficient (Wildman–Crippen LogP) is 0.157. The van der Waals surface area contributed by atoms with Crippen LogP contribution in [0.3, 0.4) is 0 Å². The Kier molecular flexibility index (Phi) is 1.95. The molecule has 0 aromatic heterocycles. The number of carbonyl (C=O) groups is 2. The first-order chi connectivity index (χ1) is 5.16. The number of terminal acetylenes is 1. The number of hydrogen-bond acceptors (Lipinski definition) is 2. The third-order valence-corrected chi connectivity index (χ3v) is 1.72. The van der Waals surface area contributed by atoms with Gasteiger partial charge in [0, 0.05) is 12.8 Å². The van der Waals surface area contributed by atoms with Crippen LogP contribution in [0.2, 0.25) is 0 Å². The van der Waals surface area contributed by atoms with Crippen molar-refractivity contribution in [3.8, 4) is 12.3 Å². The second-order valence-electron chi connectivity index (χ2n) is 2.50. The molecule has 3 nitrogen and oxygen atoms in total. The smallest absolute Gasteiger partial charge is 0.230 e. The SMILES string of the molecule is C#CC(C)N1C(=O)CCC1=O. The number of amides is 2. The molecule has 0 bridgehead atoms. The Bertz CT molecular complexity index is 223. The number of imide groups is 1. The van der Waals surface area contributed by atoms with Gasteiger partial charge in [0.05, 0.1) is 6.04 Å². The van der Waals surface area contributed by atoms with E-state index in [1.54, 1.807) is 6.92 Å². The minimum absolute atomic E-state index is 0.152. The zero-order chi connectivity index (χ0) is 8.43. The van der Waals surface area contributed by atoms with Gasteiger partial charge < -0.3 is 0 Å². The number of carbonyl (C=O) groups excluding carboxylic acids is 2. The highest BCUT2D eigenvalue weighted by Gasteiger charge is 2.31. The molecule has 58 valence electrons. The maximum atomic E-state index is 11.0. The highest BCUT2D eigenvalue weighted by molar-refractivity contribution is 6.02. The maximum absolute atomic E-state index is 11.0. The standard InChI is InChI=1S/C8H9NO2/c1-3-6(2)9-7(10)4-5-8(9)11/h1,6H,4-5H2,2H3. The summed E-state index contributed by atoms with van der Waals surface area (Å²) >= 11 is 0. The molecule has 0 saturated carbocycles. The van der Waals surface area contributed by atoms with Gasteiger partial charge in [0.1, 0.15) is 0 Å². The first-order valence-corrected chi connectivity index (χ1v) is 3.48. The van der Waals surface area contributed by atoms with Crippen molar-refractivity contribution in [1.29, 1.82) is 0 Å². The highest BCUT2D eigenvalue weighted by Crippen LogP contribution is 2.14. The van der Waals surface area contributed by atoms with E-state index in [4.69, 9.17) is 6.42 Å². The van der Waals surface area contributed by atoms with E-state index >= 15 is 0 Å². The zero-order valence-corrected chi connectivity index (χ0v) is 6.33. The Balaban J connectivity index is 2.78. The fraction of sp³-hybridized carbons (Fsp3) is 0.500. The quantitative estimate of drug-likeness (QED) is 0.395. The molecule has 11 heavy (non-hydrogen) atoms. The van der Waals surface area contributed by atoms with Crippen LogP contribution in [-0.2, 0) is 9.59 Å². The van der Waals surface area contributed by atoms with Crippen molar-refractivity contribution in [3.05, 3.63) is 0 Å². The van der Waals surface area contributed by atoms with Gasteiger partial charge in [-0.25, -0.2) is 0 Å². The third-order valence-electron chi connectivity index (χ3n) is 1.72. The van der Waals surface area contributed by atoms with Crippen LogP contribution in [0.1, 0.15) is 19.8 Å². The van der Waals surface area contributed by atoms with Crippen molar-refractivity contribution in [3.63, 3.8) is 0 Å². The van der Waals surface area contributed by atoms with Crippen molar-refractivity contribution >= 4 is 11.8 Å². The van der Waals surface area contributed by atoms with Crippen LogP contribution in [-0.4, -0.2) is 22.8 Å². The van der Waals surface area contributed by atoms with Crippen LogP contribution >= 0.6 is 0 Å². The molecule has 3 heteroatoms. The Hall–Kier alpha value is -1.30. The van der Waals surface area contributed by atoms with Crippen LogP contribution in [0.4, 0.5) is 0 Å². The summed E-state index contributed by atoms with van der Waals surface area (Å²) in [7, 11) is 0.